The van der Waals surface area contributed by atoms with Crippen molar-refractivity contribution < 1.29 is 4.79 Å². The molecule has 0 spiro atoms. The maximum atomic E-state index is 12.8. The molecule has 1 aromatic carbocycles. The van der Waals surface area contributed by atoms with Crippen molar-refractivity contribution in [2.24, 2.45) is 0 Å². The zero-order chi connectivity index (χ0) is 18.4. The summed E-state index contributed by atoms with van der Waals surface area (Å²) in [7, 11) is 4.02. The van der Waals surface area contributed by atoms with Crippen LogP contribution < -0.4 is 5.32 Å². The van der Waals surface area contributed by atoms with Crippen LogP contribution >= 0.6 is 0 Å². The number of likely N-dealkylation sites (N-methyl/N-ethyl adjacent to an activating group) is 1. The Morgan fingerprint density at radius 1 is 1.19 bits per heavy atom. The molecule has 0 aliphatic rings. The first-order valence-electron chi connectivity index (χ1n) is 8.56. The first kappa shape index (κ1) is 17.8. The Balaban J connectivity index is 1.74. The van der Waals surface area contributed by atoms with Crippen LogP contribution in [0.15, 0.2) is 67.4 Å². The Morgan fingerprint density at radius 3 is 2.69 bits per heavy atom. The Kier molecular flexibility index (Phi) is 5.76. The summed E-state index contributed by atoms with van der Waals surface area (Å²) in [5.74, 6) is 0.568. The van der Waals surface area contributed by atoms with Crippen LogP contribution in [0.25, 0.3) is 5.82 Å². The average Bonchev–Trinajstić information content (AvgIpc) is 3.17. The maximum Gasteiger partial charge on any atom is 0.251 e. The molecule has 0 radical (unpaired) electrons. The normalized spacial score (nSPS) is 12.1. The van der Waals surface area contributed by atoms with E-state index < -0.39 is 0 Å². The van der Waals surface area contributed by atoms with Crippen LogP contribution in [0.3, 0.4) is 0 Å². The van der Waals surface area contributed by atoms with Gasteiger partial charge in [-0.1, -0.05) is 30.3 Å². The highest BCUT2D eigenvalue weighted by molar-refractivity contribution is 5.94. The zero-order valence-corrected chi connectivity index (χ0v) is 15.0. The Hall–Kier alpha value is -2.99. The van der Waals surface area contributed by atoms with Gasteiger partial charge in [0, 0.05) is 36.7 Å². The monoisotopic (exact) mass is 349 g/mol. The van der Waals surface area contributed by atoms with Crippen LogP contribution in [-0.2, 0) is 6.42 Å². The number of pyridine rings is 1. The Labute approximate surface area is 153 Å². The number of aromatic nitrogens is 3. The molecule has 1 amide bonds. The molecule has 3 aromatic rings. The minimum atomic E-state index is -0.100. The summed E-state index contributed by atoms with van der Waals surface area (Å²) in [6.07, 6.45) is 7.57. The highest BCUT2D eigenvalue weighted by Crippen LogP contribution is 2.09. The number of carbonyl (C=O) groups is 1. The van der Waals surface area contributed by atoms with Crippen molar-refractivity contribution in [1.82, 2.24) is 24.8 Å². The third-order valence-electron chi connectivity index (χ3n) is 4.02. The van der Waals surface area contributed by atoms with Gasteiger partial charge >= 0.3 is 0 Å². The van der Waals surface area contributed by atoms with Crippen molar-refractivity contribution in [1.29, 1.82) is 0 Å². The Bertz CT molecular complexity index is 830. The van der Waals surface area contributed by atoms with Gasteiger partial charge in [0.2, 0.25) is 0 Å². The summed E-state index contributed by atoms with van der Waals surface area (Å²) in [6, 6.07) is 13.7. The topological polar surface area (TPSA) is 63.1 Å². The molecule has 1 atom stereocenters. The van der Waals surface area contributed by atoms with Crippen LogP contribution in [0.4, 0.5) is 0 Å². The van der Waals surface area contributed by atoms with E-state index in [0.717, 1.165) is 13.0 Å². The molecule has 2 heterocycles. The van der Waals surface area contributed by atoms with Gasteiger partial charge in [-0.15, -0.1) is 0 Å². The number of carbonyl (C=O) groups excluding carboxylic acids is 1. The third-order valence-corrected chi connectivity index (χ3v) is 4.02. The zero-order valence-electron chi connectivity index (χ0n) is 15.0. The summed E-state index contributed by atoms with van der Waals surface area (Å²) in [4.78, 5) is 23.2. The van der Waals surface area contributed by atoms with E-state index in [9.17, 15) is 4.79 Å². The van der Waals surface area contributed by atoms with Gasteiger partial charge in [-0.3, -0.25) is 9.36 Å². The van der Waals surface area contributed by atoms with Crippen LogP contribution in [0.2, 0.25) is 0 Å². The number of amides is 1. The molecule has 0 unspecified atom stereocenters. The molecule has 0 saturated carbocycles. The van der Waals surface area contributed by atoms with Crippen LogP contribution in [0.5, 0.6) is 0 Å². The summed E-state index contributed by atoms with van der Waals surface area (Å²) < 4.78 is 1.78. The molecule has 6 nitrogen and oxygen atoms in total. The fraction of sp³-hybridized carbons (Fsp3) is 0.250. The quantitative estimate of drug-likeness (QED) is 0.710. The summed E-state index contributed by atoms with van der Waals surface area (Å²) in [5, 5.41) is 3.15. The molecule has 0 aliphatic carbocycles. The van der Waals surface area contributed by atoms with E-state index in [1.807, 2.05) is 32.3 Å². The lowest BCUT2D eigenvalue weighted by Crippen LogP contribution is -2.43. The second kappa shape index (κ2) is 8.40. The molecule has 134 valence electrons. The number of rotatable bonds is 7. The van der Waals surface area contributed by atoms with Gasteiger partial charge < -0.3 is 10.2 Å². The molecule has 1 N–H and O–H groups in total. The van der Waals surface area contributed by atoms with Gasteiger partial charge in [0.05, 0.1) is 0 Å². The van der Waals surface area contributed by atoms with Crippen molar-refractivity contribution in [2.45, 2.75) is 12.5 Å². The van der Waals surface area contributed by atoms with Crippen molar-refractivity contribution in [3.8, 4) is 5.82 Å². The predicted molar refractivity (Wildman–Crippen MR) is 101 cm³/mol. The van der Waals surface area contributed by atoms with Gasteiger partial charge in [-0.25, -0.2) is 9.97 Å². The summed E-state index contributed by atoms with van der Waals surface area (Å²) >= 11 is 0. The average molecular weight is 349 g/mol. The fourth-order valence-corrected chi connectivity index (χ4v) is 2.86. The van der Waals surface area contributed by atoms with E-state index in [1.54, 1.807) is 41.6 Å². The van der Waals surface area contributed by atoms with Gasteiger partial charge in [0.15, 0.2) is 0 Å². The molecule has 0 bridgehead atoms. The van der Waals surface area contributed by atoms with Crippen LogP contribution in [-0.4, -0.2) is 52.0 Å². The van der Waals surface area contributed by atoms with Gasteiger partial charge in [0.1, 0.15) is 12.1 Å². The lowest BCUT2D eigenvalue weighted by Gasteiger charge is -2.22. The van der Waals surface area contributed by atoms with Crippen molar-refractivity contribution in [2.75, 3.05) is 20.6 Å². The van der Waals surface area contributed by atoms with Crippen molar-refractivity contribution >= 4 is 5.91 Å². The first-order chi connectivity index (χ1) is 12.6. The van der Waals surface area contributed by atoms with E-state index in [0.29, 0.717) is 11.4 Å². The number of hydrogen-bond acceptors (Lipinski definition) is 4. The molecule has 0 aliphatic heterocycles. The van der Waals surface area contributed by atoms with Gasteiger partial charge in [-0.05, 0) is 38.2 Å². The third kappa shape index (κ3) is 4.77. The Morgan fingerprint density at radius 2 is 2.00 bits per heavy atom. The highest BCUT2D eigenvalue weighted by atomic mass is 16.1. The largest absolute Gasteiger partial charge is 0.348 e. The minimum Gasteiger partial charge on any atom is -0.348 e. The second-order valence-electron chi connectivity index (χ2n) is 6.50. The minimum absolute atomic E-state index is 0.0183. The van der Waals surface area contributed by atoms with Gasteiger partial charge in [0.25, 0.3) is 5.91 Å². The summed E-state index contributed by atoms with van der Waals surface area (Å²) in [5.41, 5.74) is 1.79. The molecule has 6 heteroatoms. The standard InChI is InChI=1S/C20H23N5O/c1-24(2)14-18(12-16-6-4-3-5-7-16)23-20(26)17-8-9-22-19(13-17)25-11-10-21-15-25/h3-11,13,15,18H,12,14H2,1-2H3,(H,23,26)/t18-/m1/s1. The summed E-state index contributed by atoms with van der Waals surface area (Å²) in [6.45, 7) is 0.764. The molecular weight excluding hydrogens is 326 g/mol. The fourth-order valence-electron chi connectivity index (χ4n) is 2.86. The van der Waals surface area contributed by atoms with E-state index in [2.05, 4.69) is 32.3 Å². The molecule has 2 aromatic heterocycles. The number of hydrogen-bond donors (Lipinski definition) is 1. The molecule has 0 fully saturated rings. The van der Waals surface area contributed by atoms with Crippen LogP contribution in [0, 0.1) is 0 Å². The maximum absolute atomic E-state index is 12.8. The lowest BCUT2D eigenvalue weighted by atomic mass is 10.1. The second-order valence-corrected chi connectivity index (χ2v) is 6.50. The first-order valence-corrected chi connectivity index (χ1v) is 8.56. The van der Waals surface area contributed by atoms with Crippen molar-refractivity contribution in [3.05, 3.63) is 78.5 Å². The molecule has 3 rings (SSSR count). The molecule has 26 heavy (non-hydrogen) atoms. The number of imidazole rings is 1. The lowest BCUT2D eigenvalue weighted by molar-refractivity contribution is 0.0930. The van der Waals surface area contributed by atoms with E-state index >= 15 is 0 Å². The molecule has 0 saturated heterocycles. The predicted octanol–water partition coefficient (Wildman–Crippen LogP) is 2.17. The highest BCUT2D eigenvalue weighted by Gasteiger charge is 2.16. The number of nitrogens with zero attached hydrogens (tertiary/aromatic N) is 4. The molecular formula is C20H23N5O. The van der Waals surface area contributed by atoms with Gasteiger partial charge in [-0.2, -0.15) is 0 Å². The van der Waals surface area contributed by atoms with E-state index in [-0.39, 0.29) is 11.9 Å². The van der Waals surface area contributed by atoms with Crippen molar-refractivity contribution in [3.63, 3.8) is 0 Å². The number of benzene rings is 1. The van der Waals surface area contributed by atoms with Crippen LogP contribution in [0.1, 0.15) is 15.9 Å². The smallest absolute Gasteiger partial charge is 0.251 e. The van der Waals surface area contributed by atoms with E-state index in [1.165, 1.54) is 5.56 Å². The SMILES string of the molecule is CN(C)C[C@@H](Cc1ccccc1)NC(=O)c1ccnc(-n2ccnc2)c1. The number of nitrogens with one attached hydrogen (secondary N) is 1. The van der Waals surface area contributed by atoms with E-state index in [4.69, 9.17) is 0 Å².